The van der Waals surface area contributed by atoms with Crippen molar-refractivity contribution in [1.82, 2.24) is 9.78 Å². The van der Waals surface area contributed by atoms with Crippen molar-refractivity contribution in [2.45, 2.75) is 6.10 Å². The number of rotatable bonds is 2. The number of aryl methyl sites for hydroxylation is 1. The van der Waals surface area contributed by atoms with Gasteiger partial charge in [-0.25, -0.2) is 4.79 Å². The first-order chi connectivity index (χ1) is 7.18. The molecule has 1 atom stereocenters. The molecule has 0 unspecified atom stereocenters. The maximum atomic E-state index is 11.0. The Hall–Kier alpha value is -1.88. The van der Waals surface area contributed by atoms with Crippen LogP contribution in [0.2, 0.25) is 0 Å². The zero-order valence-corrected chi connectivity index (χ0v) is 8.12. The number of aliphatic hydroxyl groups is 1. The summed E-state index contributed by atoms with van der Waals surface area (Å²) < 4.78 is 5.82. The van der Waals surface area contributed by atoms with Gasteiger partial charge >= 0.3 is 5.76 Å². The molecule has 0 aliphatic rings. The second-order valence-electron chi connectivity index (χ2n) is 3.14. The summed E-state index contributed by atoms with van der Waals surface area (Å²) in [6.45, 7) is 0. The van der Waals surface area contributed by atoms with Crippen molar-refractivity contribution in [2.24, 2.45) is 7.05 Å². The first kappa shape index (κ1) is 9.67. The highest BCUT2D eigenvalue weighted by Gasteiger charge is 2.17. The molecule has 0 aliphatic heterocycles. The van der Waals surface area contributed by atoms with Crippen LogP contribution in [-0.4, -0.2) is 14.9 Å². The van der Waals surface area contributed by atoms with Crippen LogP contribution >= 0.6 is 0 Å². The molecule has 5 nitrogen and oxygen atoms in total. The zero-order chi connectivity index (χ0) is 10.8. The predicted molar refractivity (Wildman–Crippen MR) is 52.2 cm³/mol. The fourth-order valence-electron chi connectivity index (χ4n) is 1.25. The van der Waals surface area contributed by atoms with E-state index in [9.17, 15) is 9.90 Å². The molecule has 78 valence electrons. The molecule has 1 aromatic heterocycles. The summed E-state index contributed by atoms with van der Waals surface area (Å²) in [5.74, 6) is -0.575. The van der Waals surface area contributed by atoms with Gasteiger partial charge in [0.25, 0.3) is 5.89 Å². The number of aliphatic hydroxyl groups excluding tert-OH is 1. The van der Waals surface area contributed by atoms with E-state index in [0.717, 1.165) is 4.68 Å². The minimum atomic E-state index is -1.000. The molecule has 1 N–H and O–H groups in total. The Labute approximate surface area is 85.6 Å². The number of hydrogen-bond donors (Lipinski definition) is 1. The fourth-order valence-corrected chi connectivity index (χ4v) is 1.25. The van der Waals surface area contributed by atoms with Crippen LogP contribution in [0.25, 0.3) is 0 Å². The molecule has 2 aromatic rings. The molecule has 0 saturated heterocycles. The average molecular weight is 206 g/mol. The van der Waals surface area contributed by atoms with Gasteiger partial charge in [-0.1, -0.05) is 30.3 Å². The topological polar surface area (TPSA) is 68.3 Å². The number of nitrogens with zero attached hydrogens (tertiary/aromatic N) is 2. The third kappa shape index (κ3) is 1.82. The third-order valence-corrected chi connectivity index (χ3v) is 2.05. The van der Waals surface area contributed by atoms with Crippen molar-refractivity contribution in [3.05, 3.63) is 52.3 Å². The van der Waals surface area contributed by atoms with E-state index in [-0.39, 0.29) is 5.89 Å². The third-order valence-electron chi connectivity index (χ3n) is 2.05. The van der Waals surface area contributed by atoms with E-state index in [1.807, 2.05) is 6.07 Å². The van der Waals surface area contributed by atoms with Gasteiger partial charge in [0, 0.05) is 7.05 Å². The van der Waals surface area contributed by atoms with Crippen molar-refractivity contribution < 1.29 is 9.52 Å². The van der Waals surface area contributed by atoms with E-state index >= 15 is 0 Å². The predicted octanol–water partition coefficient (Wildman–Crippen LogP) is 0.455. The summed E-state index contributed by atoms with van der Waals surface area (Å²) in [5.41, 5.74) is 0.638. The smallest absolute Gasteiger partial charge is 0.389 e. The maximum Gasteiger partial charge on any atom is 0.436 e. The fraction of sp³-hybridized carbons (Fsp3) is 0.200. The largest absolute Gasteiger partial charge is 0.436 e. The summed E-state index contributed by atoms with van der Waals surface area (Å²) in [6, 6.07) is 8.89. The van der Waals surface area contributed by atoms with Crippen molar-refractivity contribution >= 4 is 0 Å². The molecule has 0 aliphatic carbocycles. The molecule has 15 heavy (non-hydrogen) atoms. The minimum absolute atomic E-state index is 0.00806. The van der Waals surface area contributed by atoms with Crippen molar-refractivity contribution in [2.75, 3.05) is 0 Å². The van der Waals surface area contributed by atoms with E-state index in [1.165, 1.54) is 7.05 Å². The van der Waals surface area contributed by atoms with Crippen LogP contribution in [0, 0.1) is 0 Å². The summed E-state index contributed by atoms with van der Waals surface area (Å²) in [4.78, 5) is 11.0. The Morgan fingerprint density at radius 2 is 2.07 bits per heavy atom. The van der Waals surface area contributed by atoms with Gasteiger partial charge < -0.3 is 9.52 Å². The lowest BCUT2D eigenvalue weighted by Crippen LogP contribution is -2.09. The molecule has 0 spiro atoms. The summed E-state index contributed by atoms with van der Waals surface area (Å²) in [6.07, 6.45) is -1.000. The molecule has 0 amide bonds. The highest BCUT2D eigenvalue weighted by Crippen LogP contribution is 2.18. The number of aromatic nitrogens is 2. The summed E-state index contributed by atoms with van der Waals surface area (Å²) in [7, 11) is 1.47. The maximum absolute atomic E-state index is 11.0. The van der Waals surface area contributed by atoms with Crippen LogP contribution in [-0.2, 0) is 7.05 Å². The second kappa shape index (κ2) is 3.70. The van der Waals surface area contributed by atoms with E-state index < -0.39 is 11.9 Å². The van der Waals surface area contributed by atoms with Crippen LogP contribution < -0.4 is 5.76 Å². The van der Waals surface area contributed by atoms with Crippen molar-refractivity contribution in [3.8, 4) is 0 Å². The van der Waals surface area contributed by atoms with E-state index in [0.29, 0.717) is 5.56 Å². The molecule has 5 heteroatoms. The van der Waals surface area contributed by atoms with Gasteiger partial charge in [0.05, 0.1) is 0 Å². The van der Waals surface area contributed by atoms with Crippen LogP contribution in [0.15, 0.2) is 39.5 Å². The highest BCUT2D eigenvalue weighted by molar-refractivity contribution is 5.21. The first-order valence-electron chi connectivity index (χ1n) is 4.45. The van der Waals surface area contributed by atoms with Gasteiger partial charge in [-0.2, -0.15) is 4.68 Å². The SMILES string of the molecule is Cn1nc([C@H](O)c2ccccc2)oc1=O. The summed E-state index contributed by atoms with van der Waals surface area (Å²) >= 11 is 0. The molecule has 0 saturated carbocycles. The lowest BCUT2D eigenvalue weighted by molar-refractivity contribution is 0.180. The quantitative estimate of drug-likeness (QED) is 0.774. The average Bonchev–Trinajstić information content (AvgIpc) is 2.59. The minimum Gasteiger partial charge on any atom is -0.389 e. The van der Waals surface area contributed by atoms with E-state index in [1.54, 1.807) is 24.3 Å². The lowest BCUT2D eigenvalue weighted by Gasteiger charge is -2.04. The van der Waals surface area contributed by atoms with Crippen LogP contribution in [0.5, 0.6) is 0 Å². The molecule has 1 heterocycles. The van der Waals surface area contributed by atoms with Gasteiger partial charge in [0.2, 0.25) is 0 Å². The van der Waals surface area contributed by atoms with Gasteiger partial charge in [-0.3, -0.25) is 0 Å². The lowest BCUT2D eigenvalue weighted by atomic mass is 10.1. The van der Waals surface area contributed by atoms with Crippen LogP contribution in [0.1, 0.15) is 17.6 Å². The molecule has 0 radical (unpaired) electrons. The first-order valence-corrected chi connectivity index (χ1v) is 4.45. The highest BCUT2D eigenvalue weighted by atomic mass is 16.4. The van der Waals surface area contributed by atoms with Crippen LogP contribution in [0.3, 0.4) is 0 Å². The molecule has 0 fully saturated rings. The Morgan fingerprint density at radius 3 is 2.60 bits per heavy atom. The van der Waals surface area contributed by atoms with Crippen molar-refractivity contribution in [3.63, 3.8) is 0 Å². The Kier molecular flexibility index (Phi) is 2.39. The van der Waals surface area contributed by atoms with E-state index in [2.05, 4.69) is 5.10 Å². The molecular weight excluding hydrogens is 196 g/mol. The standard InChI is InChI=1S/C10H10N2O3/c1-12-10(14)15-9(11-12)8(13)7-5-3-2-4-6-7/h2-6,8,13H,1H3/t8-/m1/s1. The van der Waals surface area contributed by atoms with Crippen molar-refractivity contribution in [1.29, 1.82) is 0 Å². The second-order valence-corrected chi connectivity index (χ2v) is 3.14. The Balaban J connectivity index is 2.36. The molecular formula is C10H10N2O3. The molecule has 2 rings (SSSR count). The van der Waals surface area contributed by atoms with E-state index in [4.69, 9.17) is 4.42 Å². The normalized spacial score (nSPS) is 12.7. The monoisotopic (exact) mass is 206 g/mol. The Morgan fingerprint density at radius 1 is 1.40 bits per heavy atom. The zero-order valence-electron chi connectivity index (χ0n) is 8.12. The number of hydrogen-bond acceptors (Lipinski definition) is 4. The van der Waals surface area contributed by atoms with Crippen LogP contribution in [0.4, 0.5) is 0 Å². The Bertz CT molecular complexity index is 501. The van der Waals surface area contributed by atoms with Gasteiger partial charge in [-0.15, -0.1) is 5.10 Å². The molecule has 1 aromatic carbocycles. The van der Waals surface area contributed by atoms with Gasteiger partial charge in [0.15, 0.2) is 6.10 Å². The molecule has 0 bridgehead atoms. The number of benzene rings is 1. The summed E-state index contributed by atoms with van der Waals surface area (Å²) in [5, 5.41) is 13.6. The van der Waals surface area contributed by atoms with Gasteiger partial charge in [-0.05, 0) is 5.56 Å². The van der Waals surface area contributed by atoms with Gasteiger partial charge in [0.1, 0.15) is 0 Å².